The van der Waals surface area contributed by atoms with Crippen molar-refractivity contribution in [3.8, 4) is 39.8 Å². The Kier molecular flexibility index (Phi) is 6.78. The summed E-state index contributed by atoms with van der Waals surface area (Å²) >= 11 is 0. The van der Waals surface area contributed by atoms with Crippen molar-refractivity contribution in [1.82, 2.24) is 0 Å². The van der Waals surface area contributed by atoms with Crippen LogP contribution in [-0.2, 0) is 4.74 Å². The van der Waals surface area contributed by atoms with E-state index in [2.05, 4.69) is 11.1 Å². The summed E-state index contributed by atoms with van der Waals surface area (Å²) in [6, 6.07) is 32.1. The average molecular weight is 487 g/mol. The minimum absolute atomic E-state index is 0.197. The molecular formula is C31H22N2O4. The van der Waals surface area contributed by atoms with E-state index in [9.17, 15) is 10.1 Å². The van der Waals surface area contributed by atoms with E-state index in [1.807, 2.05) is 66.7 Å². The van der Waals surface area contributed by atoms with Gasteiger partial charge in [-0.25, -0.2) is 9.79 Å². The molecule has 0 fully saturated rings. The molecule has 0 unspecified atom stereocenters. The maximum atomic E-state index is 12.1. The van der Waals surface area contributed by atoms with E-state index in [-0.39, 0.29) is 11.9 Å². The fourth-order valence-electron chi connectivity index (χ4n) is 4.00. The summed E-state index contributed by atoms with van der Waals surface area (Å²) in [5, 5.41) is 10.0. The van der Waals surface area contributed by atoms with Crippen LogP contribution in [0.5, 0.6) is 0 Å². The highest BCUT2D eigenvalue weighted by Gasteiger charge is 2.22. The number of carbonyl (C=O) groups excluding carboxylic acids is 1. The van der Waals surface area contributed by atoms with Gasteiger partial charge in [-0.3, -0.25) is 0 Å². The maximum Gasteiger partial charge on any atom is 0.338 e. The lowest BCUT2D eigenvalue weighted by molar-refractivity contribution is 0.0526. The highest BCUT2D eigenvalue weighted by molar-refractivity contribution is 5.91. The minimum atomic E-state index is -0.386. The molecule has 6 heteroatoms. The lowest BCUT2D eigenvalue weighted by Gasteiger charge is -2.03. The molecule has 0 amide bonds. The molecule has 0 atom stereocenters. The second-order valence-corrected chi connectivity index (χ2v) is 8.09. The fourth-order valence-corrected chi connectivity index (χ4v) is 4.00. The van der Waals surface area contributed by atoms with Crippen molar-refractivity contribution in [3.05, 3.63) is 114 Å². The van der Waals surface area contributed by atoms with Crippen LogP contribution in [0.3, 0.4) is 0 Å². The van der Waals surface area contributed by atoms with Crippen LogP contribution in [0.15, 0.2) is 111 Å². The lowest BCUT2D eigenvalue weighted by Crippen LogP contribution is -2.04. The number of hydrogen-bond acceptors (Lipinski definition) is 6. The van der Waals surface area contributed by atoms with Gasteiger partial charge in [-0.2, -0.15) is 5.26 Å². The first kappa shape index (κ1) is 23.6. The largest absolute Gasteiger partial charge is 0.462 e. The molecule has 0 spiro atoms. The smallest absolute Gasteiger partial charge is 0.338 e. The van der Waals surface area contributed by atoms with Gasteiger partial charge in [0, 0.05) is 16.7 Å². The van der Waals surface area contributed by atoms with Crippen LogP contribution in [0, 0.1) is 11.3 Å². The predicted octanol–water partition coefficient (Wildman–Crippen LogP) is 7.67. The first-order valence-electron chi connectivity index (χ1n) is 11.8. The zero-order valence-corrected chi connectivity index (χ0v) is 20.0. The van der Waals surface area contributed by atoms with Crippen molar-refractivity contribution < 1.29 is 18.4 Å². The molecule has 0 radical (unpaired) electrons. The number of carbonyl (C=O) groups is 1. The van der Waals surface area contributed by atoms with E-state index in [1.54, 1.807) is 37.3 Å². The summed E-state index contributed by atoms with van der Waals surface area (Å²) in [7, 11) is 0. The van der Waals surface area contributed by atoms with Gasteiger partial charge in [0.05, 0.1) is 18.4 Å². The molecule has 0 bridgehead atoms. The normalized spacial score (nSPS) is 10.9. The van der Waals surface area contributed by atoms with Gasteiger partial charge in [-0.05, 0) is 36.8 Å². The first-order valence-corrected chi connectivity index (χ1v) is 11.8. The first-order chi connectivity index (χ1) is 18.2. The molecule has 0 saturated heterocycles. The molecule has 180 valence electrons. The van der Waals surface area contributed by atoms with Crippen molar-refractivity contribution in [2.24, 2.45) is 4.99 Å². The number of rotatable bonds is 7. The highest BCUT2D eigenvalue weighted by atomic mass is 16.5. The Labute approximate surface area is 214 Å². The third kappa shape index (κ3) is 4.97. The number of esters is 1. The van der Waals surface area contributed by atoms with Crippen LogP contribution in [0.4, 0.5) is 5.88 Å². The van der Waals surface area contributed by atoms with Crippen molar-refractivity contribution in [2.75, 3.05) is 6.61 Å². The van der Waals surface area contributed by atoms with Gasteiger partial charge in [0.2, 0.25) is 5.88 Å². The van der Waals surface area contributed by atoms with E-state index in [4.69, 9.17) is 13.6 Å². The van der Waals surface area contributed by atoms with E-state index in [0.29, 0.717) is 40.6 Å². The van der Waals surface area contributed by atoms with E-state index in [0.717, 1.165) is 16.7 Å². The van der Waals surface area contributed by atoms with Gasteiger partial charge in [-0.1, -0.05) is 72.8 Å². The Morgan fingerprint density at radius 2 is 1.59 bits per heavy atom. The number of nitrogens with zero attached hydrogens (tertiary/aromatic N) is 2. The molecule has 2 heterocycles. The van der Waals surface area contributed by atoms with Gasteiger partial charge in [0.15, 0.2) is 0 Å². The third-order valence-electron chi connectivity index (χ3n) is 5.69. The van der Waals surface area contributed by atoms with Gasteiger partial charge < -0.3 is 13.6 Å². The summed E-state index contributed by atoms with van der Waals surface area (Å²) < 4.78 is 17.2. The molecule has 37 heavy (non-hydrogen) atoms. The summed E-state index contributed by atoms with van der Waals surface area (Å²) in [6.07, 6.45) is 1.52. The van der Waals surface area contributed by atoms with Crippen LogP contribution in [0.25, 0.3) is 33.8 Å². The maximum absolute atomic E-state index is 12.1. The van der Waals surface area contributed by atoms with E-state index < -0.39 is 0 Å². The molecule has 0 N–H and O–H groups in total. The van der Waals surface area contributed by atoms with E-state index >= 15 is 0 Å². The number of furan rings is 2. The van der Waals surface area contributed by atoms with Crippen LogP contribution >= 0.6 is 0 Å². The van der Waals surface area contributed by atoms with Gasteiger partial charge in [-0.15, -0.1) is 0 Å². The molecule has 0 aliphatic rings. The predicted molar refractivity (Wildman–Crippen MR) is 142 cm³/mol. The zero-order chi connectivity index (χ0) is 25.6. The molecule has 3 aromatic carbocycles. The van der Waals surface area contributed by atoms with Gasteiger partial charge in [0.25, 0.3) is 0 Å². The molecule has 6 nitrogen and oxygen atoms in total. The Morgan fingerprint density at radius 3 is 2.30 bits per heavy atom. The molecular weight excluding hydrogens is 464 g/mol. The average Bonchev–Trinajstić information content (AvgIpc) is 3.58. The number of aliphatic imine (C=N–C) groups is 1. The number of hydrogen-bond donors (Lipinski definition) is 0. The summed E-state index contributed by atoms with van der Waals surface area (Å²) in [5.41, 5.74) is 3.93. The standard InChI is InChI=1S/C31H22N2O4/c1-2-35-31(34)24-15-9-14-23(18-24)27-17-16-25(36-27)20-33-30-26(19-32)28(21-10-5-3-6-11-21)29(37-30)22-12-7-4-8-13-22/h3-18,20H,2H2,1H3. The minimum Gasteiger partial charge on any atom is -0.462 e. The monoisotopic (exact) mass is 486 g/mol. The Balaban J connectivity index is 1.50. The fraction of sp³-hybridized carbons (Fsp3) is 0.0645. The van der Waals surface area contributed by atoms with Crippen molar-refractivity contribution >= 4 is 18.1 Å². The second-order valence-electron chi connectivity index (χ2n) is 8.09. The number of ether oxygens (including phenoxy) is 1. The molecule has 5 aromatic rings. The summed E-state index contributed by atoms with van der Waals surface area (Å²) in [4.78, 5) is 16.6. The summed E-state index contributed by atoms with van der Waals surface area (Å²) in [5.74, 6) is 1.43. The molecule has 2 aromatic heterocycles. The van der Waals surface area contributed by atoms with E-state index in [1.165, 1.54) is 6.21 Å². The lowest BCUT2D eigenvalue weighted by atomic mass is 9.98. The zero-order valence-electron chi connectivity index (χ0n) is 20.0. The Morgan fingerprint density at radius 1 is 0.892 bits per heavy atom. The summed E-state index contributed by atoms with van der Waals surface area (Å²) in [6.45, 7) is 2.07. The Bertz CT molecular complexity index is 1610. The highest BCUT2D eigenvalue weighted by Crippen LogP contribution is 2.42. The van der Waals surface area contributed by atoms with Crippen molar-refractivity contribution in [2.45, 2.75) is 6.92 Å². The molecule has 0 aliphatic heterocycles. The Hall–Kier alpha value is -5.15. The van der Waals surface area contributed by atoms with Crippen LogP contribution in [0.1, 0.15) is 28.6 Å². The van der Waals surface area contributed by atoms with Gasteiger partial charge in [0.1, 0.15) is 28.9 Å². The molecule has 5 rings (SSSR count). The molecule has 0 saturated carbocycles. The van der Waals surface area contributed by atoms with Crippen LogP contribution in [-0.4, -0.2) is 18.8 Å². The van der Waals surface area contributed by atoms with Crippen LogP contribution < -0.4 is 0 Å². The number of nitriles is 1. The third-order valence-corrected chi connectivity index (χ3v) is 5.69. The van der Waals surface area contributed by atoms with Crippen molar-refractivity contribution in [3.63, 3.8) is 0 Å². The molecule has 0 aliphatic carbocycles. The second kappa shape index (κ2) is 10.6. The van der Waals surface area contributed by atoms with Crippen molar-refractivity contribution in [1.29, 1.82) is 5.26 Å². The number of benzene rings is 3. The van der Waals surface area contributed by atoms with Crippen LogP contribution in [0.2, 0.25) is 0 Å². The SMILES string of the molecule is CCOC(=O)c1cccc(-c2ccc(C=Nc3oc(-c4ccccc4)c(-c4ccccc4)c3C#N)o2)c1. The topological polar surface area (TPSA) is 88.7 Å². The van der Waals surface area contributed by atoms with Gasteiger partial charge >= 0.3 is 5.97 Å². The quantitative estimate of drug-likeness (QED) is 0.174.